The van der Waals surface area contributed by atoms with E-state index in [0.717, 1.165) is 0 Å². The van der Waals surface area contributed by atoms with Gasteiger partial charge >= 0.3 is 11.9 Å². The number of nitrogens with one attached hydrogen (secondary N) is 4. The van der Waals surface area contributed by atoms with Crippen molar-refractivity contribution in [1.29, 1.82) is 0 Å². The molecule has 0 heterocycles. The molecule has 0 unspecified atom stereocenters. The van der Waals surface area contributed by atoms with Gasteiger partial charge in [-0.1, -0.05) is 39.8 Å². The van der Waals surface area contributed by atoms with Crippen LogP contribution in [-0.4, -0.2) is 87.0 Å². The molecule has 0 fully saturated rings. The number of carboxylic acids is 2. The van der Waals surface area contributed by atoms with Crippen LogP contribution in [0.5, 0.6) is 5.75 Å². The molecular weight excluding hydrogens is 580 g/mol. The predicted molar refractivity (Wildman–Crippen MR) is 156 cm³/mol. The fourth-order valence-electron chi connectivity index (χ4n) is 4.07. The molecule has 0 spiro atoms. The highest BCUT2D eigenvalue weighted by Gasteiger charge is 2.34. The summed E-state index contributed by atoms with van der Waals surface area (Å²) in [6, 6.07) is -1.13. The Labute approximate surface area is 254 Å². The fraction of sp³-hybridized carbons (Fsp3) is 0.536. The maximum Gasteiger partial charge on any atom is 0.326 e. The summed E-state index contributed by atoms with van der Waals surface area (Å²) in [5.74, 6) is -8.37. The second kappa shape index (κ2) is 17.4. The Hall–Kier alpha value is -4.73. The largest absolute Gasteiger partial charge is 0.508 e. The molecule has 16 nitrogen and oxygen atoms in total. The number of nitrogens with two attached hydrogens (primary N) is 2. The molecule has 244 valence electrons. The average molecular weight is 623 g/mol. The molecule has 0 aliphatic rings. The number of hydrogen-bond acceptors (Lipinski definition) is 9. The van der Waals surface area contributed by atoms with Crippen molar-refractivity contribution in [1.82, 2.24) is 21.3 Å². The summed E-state index contributed by atoms with van der Waals surface area (Å²) in [6.07, 6.45) is -1.58. The van der Waals surface area contributed by atoms with Gasteiger partial charge in [0.1, 0.15) is 29.9 Å². The number of amides is 5. The maximum atomic E-state index is 13.2. The summed E-state index contributed by atoms with van der Waals surface area (Å²) in [7, 11) is 0. The Morgan fingerprint density at radius 2 is 1.23 bits per heavy atom. The van der Waals surface area contributed by atoms with Gasteiger partial charge in [0.05, 0.1) is 18.9 Å². The highest BCUT2D eigenvalue weighted by molar-refractivity contribution is 5.98. The molecule has 0 saturated heterocycles. The Morgan fingerprint density at radius 1 is 0.727 bits per heavy atom. The molecule has 0 aliphatic heterocycles. The Bertz CT molecular complexity index is 1200. The Balaban J connectivity index is 3.08. The molecule has 0 radical (unpaired) electrons. The number of aromatic hydroxyl groups is 1. The molecule has 16 heteroatoms. The number of hydrogen-bond donors (Lipinski definition) is 9. The van der Waals surface area contributed by atoms with Crippen molar-refractivity contribution >= 4 is 41.5 Å². The first-order valence-electron chi connectivity index (χ1n) is 13.9. The summed E-state index contributed by atoms with van der Waals surface area (Å²) >= 11 is 0. The Kier molecular flexibility index (Phi) is 14.8. The number of carboxylic acid groups (broad SMARTS) is 2. The van der Waals surface area contributed by atoms with Crippen LogP contribution < -0.4 is 32.7 Å². The van der Waals surface area contributed by atoms with Crippen LogP contribution in [0.15, 0.2) is 24.3 Å². The fourth-order valence-corrected chi connectivity index (χ4v) is 4.07. The lowest BCUT2D eigenvalue weighted by molar-refractivity contribution is -0.144. The topological polar surface area (TPSA) is 280 Å². The van der Waals surface area contributed by atoms with Crippen LogP contribution in [0.4, 0.5) is 0 Å². The van der Waals surface area contributed by atoms with Gasteiger partial charge in [0, 0.05) is 0 Å². The molecule has 0 saturated carbocycles. The van der Waals surface area contributed by atoms with Gasteiger partial charge in [-0.2, -0.15) is 0 Å². The highest BCUT2D eigenvalue weighted by atomic mass is 16.4. The van der Waals surface area contributed by atoms with Crippen molar-refractivity contribution < 1.29 is 48.9 Å². The van der Waals surface area contributed by atoms with Gasteiger partial charge in [-0.15, -0.1) is 0 Å². The number of rotatable bonds is 18. The van der Waals surface area contributed by atoms with Crippen LogP contribution in [0.1, 0.15) is 52.5 Å². The lowest BCUT2D eigenvalue weighted by Crippen LogP contribution is -2.60. The summed E-state index contributed by atoms with van der Waals surface area (Å²) in [5.41, 5.74) is 11.9. The monoisotopic (exact) mass is 622 g/mol. The molecule has 1 aromatic carbocycles. The van der Waals surface area contributed by atoms with E-state index in [1.54, 1.807) is 39.8 Å². The van der Waals surface area contributed by atoms with Crippen LogP contribution in [-0.2, 0) is 40.0 Å². The van der Waals surface area contributed by atoms with E-state index in [9.17, 15) is 48.9 Å². The normalized spacial score (nSPS) is 14.4. The summed E-state index contributed by atoms with van der Waals surface area (Å²) in [6.45, 7) is 6.63. The zero-order valence-electron chi connectivity index (χ0n) is 25.0. The maximum absolute atomic E-state index is 13.2. The van der Waals surface area contributed by atoms with E-state index >= 15 is 0 Å². The third-order valence-corrected chi connectivity index (χ3v) is 6.35. The molecule has 5 atom stereocenters. The summed E-state index contributed by atoms with van der Waals surface area (Å²) in [5, 5.41) is 37.3. The molecule has 0 aromatic heterocycles. The standard InChI is InChI=1S/C28H42N6O10/c1-13(2)9-20(28(43)44)33-26(41)19(12-22(37)38)31-25(40)18(11-21(30)36)32-27(42)23(14(3)4)34-24(39)17(29)10-15-5-7-16(35)8-6-15/h5-8,13-14,17-20,23,35H,9-12,29H2,1-4H3,(H2,30,36)(H,31,40)(H,32,42)(H,33,41)(H,34,39)(H,37,38)(H,43,44)/t17-,18-,19-,20-,23-/m0/s1. The third kappa shape index (κ3) is 13.1. The minimum absolute atomic E-state index is 0.0239. The smallest absolute Gasteiger partial charge is 0.326 e. The van der Waals surface area contributed by atoms with Gasteiger partial charge in [0.15, 0.2) is 0 Å². The zero-order valence-corrected chi connectivity index (χ0v) is 25.0. The van der Waals surface area contributed by atoms with Crippen molar-refractivity contribution in [2.75, 3.05) is 0 Å². The van der Waals surface area contributed by atoms with E-state index in [1.807, 2.05) is 0 Å². The van der Waals surface area contributed by atoms with Crippen molar-refractivity contribution in [2.24, 2.45) is 23.3 Å². The van der Waals surface area contributed by atoms with Gasteiger partial charge in [-0.3, -0.25) is 28.8 Å². The van der Waals surface area contributed by atoms with Gasteiger partial charge in [0.25, 0.3) is 0 Å². The molecule has 44 heavy (non-hydrogen) atoms. The number of phenolic OH excluding ortho intramolecular Hbond substituents is 1. The number of carbonyl (C=O) groups excluding carboxylic acids is 5. The second-order valence-electron chi connectivity index (χ2n) is 11.1. The molecule has 1 aromatic rings. The molecule has 0 bridgehead atoms. The summed E-state index contributed by atoms with van der Waals surface area (Å²) < 4.78 is 0. The molecule has 1 rings (SSSR count). The SMILES string of the molecule is CC(C)C[C@H](NC(=O)[C@H](CC(=O)O)NC(=O)[C@H](CC(N)=O)NC(=O)[C@@H](NC(=O)[C@@H](N)Cc1ccc(O)cc1)C(C)C)C(=O)O. The van der Waals surface area contributed by atoms with Gasteiger partial charge < -0.3 is 48.1 Å². The quantitative estimate of drug-likeness (QED) is 0.0893. The number of benzene rings is 1. The first-order valence-corrected chi connectivity index (χ1v) is 13.9. The summed E-state index contributed by atoms with van der Waals surface area (Å²) in [4.78, 5) is 86.6. The average Bonchev–Trinajstić information content (AvgIpc) is 2.90. The molecule has 5 amide bonds. The second-order valence-corrected chi connectivity index (χ2v) is 11.1. The van der Waals surface area contributed by atoms with E-state index in [4.69, 9.17) is 11.5 Å². The van der Waals surface area contributed by atoms with E-state index in [0.29, 0.717) is 5.56 Å². The van der Waals surface area contributed by atoms with Crippen molar-refractivity contribution in [3.63, 3.8) is 0 Å². The Morgan fingerprint density at radius 3 is 1.68 bits per heavy atom. The van der Waals surface area contributed by atoms with Gasteiger partial charge in [-0.05, 0) is 42.4 Å². The third-order valence-electron chi connectivity index (χ3n) is 6.35. The first-order chi connectivity index (χ1) is 20.4. The minimum Gasteiger partial charge on any atom is -0.508 e. The van der Waals surface area contributed by atoms with Crippen LogP contribution in [0.2, 0.25) is 0 Å². The number of primary amides is 1. The van der Waals surface area contributed by atoms with Gasteiger partial charge in [-0.25, -0.2) is 4.79 Å². The lowest BCUT2D eigenvalue weighted by Gasteiger charge is -2.27. The zero-order chi connectivity index (χ0) is 33.7. The minimum atomic E-state index is -1.76. The lowest BCUT2D eigenvalue weighted by atomic mass is 10.0. The van der Waals surface area contributed by atoms with E-state index in [2.05, 4.69) is 21.3 Å². The number of carbonyl (C=O) groups is 7. The van der Waals surface area contributed by atoms with Crippen LogP contribution in [0, 0.1) is 11.8 Å². The van der Waals surface area contributed by atoms with Crippen molar-refractivity contribution in [2.45, 2.75) is 83.6 Å². The van der Waals surface area contributed by atoms with E-state index in [-0.39, 0.29) is 24.5 Å². The highest BCUT2D eigenvalue weighted by Crippen LogP contribution is 2.12. The van der Waals surface area contributed by atoms with E-state index in [1.165, 1.54) is 12.1 Å². The molecule has 0 aliphatic carbocycles. The van der Waals surface area contributed by atoms with Gasteiger partial charge in [0.2, 0.25) is 29.5 Å². The van der Waals surface area contributed by atoms with E-state index < -0.39 is 90.4 Å². The van der Waals surface area contributed by atoms with Crippen LogP contribution >= 0.6 is 0 Å². The first kappa shape index (κ1) is 37.3. The van der Waals surface area contributed by atoms with Crippen molar-refractivity contribution in [3.05, 3.63) is 29.8 Å². The number of phenols is 1. The van der Waals surface area contributed by atoms with Crippen LogP contribution in [0.25, 0.3) is 0 Å². The predicted octanol–water partition coefficient (Wildman–Crippen LogP) is -1.66. The van der Waals surface area contributed by atoms with Crippen LogP contribution in [0.3, 0.4) is 0 Å². The number of aliphatic carboxylic acids is 2. The molecular formula is C28H42N6O10. The molecule has 11 N–H and O–H groups in total. The van der Waals surface area contributed by atoms with Crippen molar-refractivity contribution in [3.8, 4) is 5.75 Å².